The fourth-order valence-electron chi connectivity index (χ4n) is 3.72. The molecule has 0 atom stereocenters. The fraction of sp³-hybridized carbons (Fsp3) is 0.560. The normalized spacial score (nSPS) is 14.9. The molecule has 1 aliphatic heterocycles. The van der Waals surface area contributed by atoms with E-state index in [2.05, 4.69) is 42.9 Å². The summed E-state index contributed by atoms with van der Waals surface area (Å²) < 4.78 is 0. The van der Waals surface area contributed by atoms with Crippen LogP contribution < -0.4 is 4.90 Å². The summed E-state index contributed by atoms with van der Waals surface area (Å²) in [5, 5.41) is 0. The molecule has 0 radical (unpaired) electrons. The number of anilines is 1. The fourth-order valence-corrected chi connectivity index (χ4v) is 3.72. The Kier molecular flexibility index (Phi) is 8.35. The smallest absolute Gasteiger partial charge is 0.165 e. The highest BCUT2D eigenvalue weighted by Gasteiger charge is 2.22. The lowest BCUT2D eigenvalue weighted by molar-refractivity contribution is 0.0939. The highest BCUT2D eigenvalue weighted by molar-refractivity contribution is 5.98. The largest absolute Gasteiger partial charge is 0.368 e. The molecule has 0 aromatic heterocycles. The second kappa shape index (κ2) is 10.5. The molecule has 0 bridgehead atoms. The highest BCUT2D eigenvalue weighted by Crippen LogP contribution is 2.26. The van der Waals surface area contributed by atoms with Gasteiger partial charge in [-0.25, -0.2) is 0 Å². The van der Waals surface area contributed by atoms with Crippen molar-refractivity contribution in [1.29, 1.82) is 0 Å². The van der Waals surface area contributed by atoms with Crippen LogP contribution in [0.15, 0.2) is 48.8 Å². The number of Topliss-reactive ketones (excluding diaryl/α,β-unsaturated/α-hetero) is 1. The summed E-state index contributed by atoms with van der Waals surface area (Å²) in [6.07, 6.45) is 6.22. The van der Waals surface area contributed by atoms with Crippen molar-refractivity contribution < 1.29 is 4.79 Å². The Morgan fingerprint density at radius 3 is 2.50 bits per heavy atom. The minimum Gasteiger partial charge on any atom is -0.368 e. The van der Waals surface area contributed by atoms with E-state index in [0.29, 0.717) is 0 Å². The number of piperazine rings is 1. The first kappa shape index (κ1) is 22.3. The van der Waals surface area contributed by atoms with Crippen LogP contribution in [0.2, 0.25) is 0 Å². The first-order valence-electron chi connectivity index (χ1n) is 10.8. The Hall–Kier alpha value is -2.03. The zero-order valence-corrected chi connectivity index (χ0v) is 18.3. The van der Waals surface area contributed by atoms with Crippen molar-refractivity contribution in [3.05, 3.63) is 54.4 Å². The molecule has 0 N–H and O–H groups in total. The van der Waals surface area contributed by atoms with Gasteiger partial charge in [-0.3, -0.25) is 4.79 Å². The number of hydrogen-bond acceptors (Lipinski definition) is 3. The molecule has 1 fully saturated rings. The van der Waals surface area contributed by atoms with Gasteiger partial charge in [0.25, 0.3) is 0 Å². The molecule has 1 aromatic rings. The number of unbranched alkanes of at least 4 members (excludes halogenated alkanes) is 2. The Balaban J connectivity index is 1.88. The first-order chi connectivity index (χ1) is 13.3. The number of rotatable bonds is 10. The summed E-state index contributed by atoms with van der Waals surface area (Å²) in [6, 6.07) is 7.96. The maximum Gasteiger partial charge on any atom is 0.165 e. The van der Waals surface area contributed by atoms with Gasteiger partial charge in [0.2, 0.25) is 0 Å². The molecule has 1 aliphatic rings. The average Bonchev–Trinajstić information content (AvgIpc) is 2.66. The summed E-state index contributed by atoms with van der Waals surface area (Å²) in [7, 11) is 0. The van der Waals surface area contributed by atoms with Crippen LogP contribution in [-0.2, 0) is 0 Å². The molecule has 3 nitrogen and oxygen atoms in total. The number of benzene rings is 1. The predicted octanol–water partition coefficient (Wildman–Crippen LogP) is 6.28. The molecule has 0 spiro atoms. The summed E-state index contributed by atoms with van der Waals surface area (Å²) >= 11 is 0. The third-order valence-electron chi connectivity index (χ3n) is 5.51. The quantitative estimate of drug-likeness (QED) is 0.351. The topological polar surface area (TPSA) is 23.6 Å². The summed E-state index contributed by atoms with van der Waals surface area (Å²) in [6.45, 7) is 19.7. The maximum atomic E-state index is 12.3. The molecule has 2 rings (SSSR count). The van der Waals surface area contributed by atoms with Gasteiger partial charge in [-0.1, -0.05) is 72.2 Å². The van der Waals surface area contributed by atoms with Gasteiger partial charge in [-0.2, -0.15) is 0 Å². The van der Waals surface area contributed by atoms with Gasteiger partial charge in [-0.15, -0.1) is 0 Å². The molecular weight excluding hydrogens is 344 g/mol. The van der Waals surface area contributed by atoms with E-state index in [9.17, 15) is 4.79 Å². The summed E-state index contributed by atoms with van der Waals surface area (Å²) in [5.74, 6) is 1.00. The van der Waals surface area contributed by atoms with Crippen LogP contribution in [0.25, 0.3) is 0 Å². The molecule has 0 amide bonds. The van der Waals surface area contributed by atoms with Crippen molar-refractivity contribution in [2.45, 2.75) is 59.8 Å². The van der Waals surface area contributed by atoms with Crippen LogP contribution in [0.4, 0.5) is 5.69 Å². The van der Waals surface area contributed by atoms with Crippen molar-refractivity contribution in [3.63, 3.8) is 0 Å². The standard InChI is InChI=1S/C25H38N2O/c1-19(2)11-8-7-9-12-21(5)26-15-16-27(22(6)18-26)24-14-10-13-23(17-24)25(28)20(3)4/h10,13-14,17,19-20H,5-9,11-12,15-16,18H2,1-4H3. The number of allylic oxidation sites excluding steroid dienone is 1. The number of hydrogen-bond donors (Lipinski definition) is 0. The van der Waals surface area contributed by atoms with Crippen molar-refractivity contribution in [2.75, 3.05) is 24.5 Å². The number of carbonyl (C=O) groups excluding carboxylic acids is 1. The minimum atomic E-state index is 0.0131. The zero-order chi connectivity index (χ0) is 20.7. The first-order valence-corrected chi connectivity index (χ1v) is 10.8. The molecule has 1 aromatic carbocycles. The molecular formula is C25H38N2O. The van der Waals surface area contributed by atoms with Crippen LogP contribution in [0.3, 0.4) is 0 Å². The molecule has 154 valence electrons. The van der Waals surface area contributed by atoms with Gasteiger partial charge >= 0.3 is 0 Å². The third-order valence-corrected chi connectivity index (χ3v) is 5.51. The van der Waals surface area contributed by atoms with Crippen LogP contribution >= 0.6 is 0 Å². The Labute approximate surface area is 172 Å². The van der Waals surface area contributed by atoms with E-state index in [1.165, 1.54) is 31.4 Å². The van der Waals surface area contributed by atoms with Crippen LogP contribution in [0, 0.1) is 11.8 Å². The monoisotopic (exact) mass is 382 g/mol. The molecule has 1 saturated heterocycles. The predicted molar refractivity (Wildman–Crippen MR) is 121 cm³/mol. The Bertz CT molecular complexity index is 690. The Morgan fingerprint density at radius 2 is 1.86 bits per heavy atom. The highest BCUT2D eigenvalue weighted by atomic mass is 16.1. The molecule has 1 heterocycles. The summed E-state index contributed by atoms with van der Waals surface area (Å²) in [4.78, 5) is 16.9. The number of nitrogens with zero attached hydrogens (tertiary/aromatic N) is 2. The van der Waals surface area contributed by atoms with E-state index in [4.69, 9.17) is 0 Å². The molecule has 0 saturated carbocycles. The lowest BCUT2D eigenvalue weighted by atomic mass is 10.0. The lowest BCUT2D eigenvalue weighted by Crippen LogP contribution is -2.43. The van der Waals surface area contributed by atoms with E-state index >= 15 is 0 Å². The molecule has 0 unspecified atom stereocenters. The third kappa shape index (κ3) is 6.25. The second-order valence-corrected chi connectivity index (χ2v) is 8.77. The van der Waals surface area contributed by atoms with E-state index in [1.807, 2.05) is 32.0 Å². The SMILES string of the molecule is C=C(CCCCCC(C)C)N1CCN(c2cccc(C(=O)C(C)C)c2)C(=C)C1. The van der Waals surface area contributed by atoms with Gasteiger partial charge in [0.05, 0.1) is 6.54 Å². The van der Waals surface area contributed by atoms with Crippen molar-refractivity contribution in [2.24, 2.45) is 11.8 Å². The van der Waals surface area contributed by atoms with E-state index in [1.54, 1.807) is 0 Å². The average molecular weight is 383 g/mol. The zero-order valence-electron chi connectivity index (χ0n) is 18.3. The maximum absolute atomic E-state index is 12.3. The summed E-state index contributed by atoms with van der Waals surface area (Å²) in [5.41, 5.74) is 4.15. The van der Waals surface area contributed by atoms with Gasteiger partial charge in [0.1, 0.15) is 0 Å². The van der Waals surface area contributed by atoms with Crippen LogP contribution in [0.5, 0.6) is 0 Å². The van der Waals surface area contributed by atoms with Crippen LogP contribution in [-0.4, -0.2) is 30.3 Å². The number of ketones is 1. The molecule has 28 heavy (non-hydrogen) atoms. The van der Waals surface area contributed by atoms with E-state index < -0.39 is 0 Å². The van der Waals surface area contributed by atoms with Crippen molar-refractivity contribution in [3.8, 4) is 0 Å². The minimum absolute atomic E-state index is 0.0131. The van der Waals surface area contributed by atoms with Gasteiger partial charge in [0, 0.05) is 41.7 Å². The van der Waals surface area contributed by atoms with E-state index in [0.717, 1.165) is 48.9 Å². The van der Waals surface area contributed by atoms with E-state index in [-0.39, 0.29) is 11.7 Å². The van der Waals surface area contributed by atoms with Gasteiger partial charge in [0.15, 0.2) is 5.78 Å². The molecule has 0 aliphatic carbocycles. The van der Waals surface area contributed by atoms with Gasteiger partial charge in [-0.05, 0) is 30.9 Å². The number of carbonyl (C=O) groups is 1. The Morgan fingerprint density at radius 1 is 1.11 bits per heavy atom. The van der Waals surface area contributed by atoms with Crippen molar-refractivity contribution in [1.82, 2.24) is 4.90 Å². The van der Waals surface area contributed by atoms with Crippen molar-refractivity contribution >= 4 is 11.5 Å². The van der Waals surface area contributed by atoms with Crippen LogP contribution in [0.1, 0.15) is 70.2 Å². The second-order valence-electron chi connectivity index (χ2n) is 8.77. The molecule has 3 heteroatoms. The lowest BCUT2D eigenvalue weighted by Gasteiger charge is -2.40. The van der Waals surface area contributed by atoms with Gasteiger partial charge < -0.3 is 9.80 Å².